The summed E-state index contributed by atoms with van der Waals surface area (Å²) in [5.41, 5.74) is 0.744. The molecule has 2 rings (SSSR count). The van der Waals surface area contributed by atoms with Gasteiger partial charge in [-0.05, 0) is 23.5 Å². The zero-order valence-corrected chi connectivity index (χ0v) is 8.11. The molecule has 0 amide bonds. The van der Waals surface area contributed by atoms with Gasteiger partial charge < -0.3 is 5.32 Å². The molecule has 3 heteroatoms. The third-order valence-electron chi connectivity index (χ3n) is 2.74. The Kier molecular flexibility index (Phi) is 2.27. The number of nitrogens with one attached hydrogen (secondary N) is 1. The van der Waals surface area contributed by atoms with Gasteiger partial charge in [-0.3, -0.25) is 0 Å². The fourth-order valence-electron chi connectivity index (χ4n) is 1.80. The highest BCUT2D eigenvalue weighted by atomic mass is 19.1. The molecule has 0 atom stereocenters. The van der Waals surface area contributed by atoms with Crippen LogP contribution in [0.25, 0.3) is 0 Å². The van der Waals surface area contributed by atoms with Crippen LogP contribution in [0.4, 0.5) is 8.78 Å². The average Bonchev–Trinajstić information content (AvgIpc) is 2.07. The first-order chi connectivity index (χ1) is 6.59. The van der Waals surface area contributed by atoms with Gasteiger partial charge in [-0.15, -0.1) is 0 Å². The van der Waals surface area contributed by atoms with E-state index < -0.39 is 11.6 Å². The second-order valence-corrected chi connectivity index (χ2v) is 4.33. The molecule has 0 aliphatic carbocycles. The van der Waals surface area contributed by atoms with E-state index in [9.17, 15) is 8.78 Å². The van der Waals surface area contributed by atoms with Crippen LogP contribution in [0.2, 0.25) is 0 Å². The molecular weight excluding hydrogens is 184 g/mol. The van der Waals surface area contributed by atoms with Crippen molar-refractivity contribution in [3.05, 3.63) is 35.4 Å². The Morgan fingerprint density at radius 1 is 1.36 bits per heavy atom. The SMILES string of the molecule is CC1(Cc2ccc(F)cc2F)CNC1. The number of hydrogen-bond acceptors (Lipinski definition) is 1. The molecule has 0 bridgehead atoms. The van der Waals surface area contributed by atoms with Gasteiger partial charge in [0.2, 0.25) is 0 Å². The normalized spacial score (nSPS) is 19.1. The summed E-state index contributed by atoms with van der Waals surface area (Å²) in [6.45, 7) is 3.92. The van der Waals surface area contributed by atoms with Gasteiger partial charge in [0.05, 0.1) is 0 Å². The minimum absolute atomic E-state index is 0.138. The summed E-state index contributed by atoms with van der Waals surface area (Å²) in [5, 5.41) is 3.16. The van der Waals surface area contributed by atoms with E-state index in [1.807, 2.05) is 0 Å². The maximum atomic E-state index is 13.3. The predicted molar refractivity (Wildman–Crippen MR) is 51.0 cm³/mol. The van der Waals surface area contributed by atoms with Gasteiger partial charge in [0.1, 0.15) is 11.6 Å². The van der Waals surface area contributed by atoms with Gasteiger partial charge in [-0.2, -0.15) is 0 Å². The summed E-state index contributed by atoms with van der Waals surface area (Å²) in [7, 11) is 0. The van der Waals surface area contributed by atoms with Crippen molar-refractivity contribution >= 4 is 0 Å². The van der Waals surface area contributed by atoms with Crippen molar-refractivity contribution in [2.24, 2.45) is 5.41 Å². The number of halogens is 2. The van der Waals surface area contributed by atoms with Crippen molar-refractivity contribution in [3.63, 3.8) is 0 Å². The Morgan fingerprint density at radius 3 is 2.57 bits per heavy atom. The molecule has 14 heavy (non-hydrogen) atoms. The van der Waals surface area contributed by atoms with Crippen LogP contribution >= 0.6 is 0 Å². The molecule has 1 saturated heterocycles. The van der Waals surface area contributed by atoms with Crippen molar-refractivity contribution < 1.29 is 8.78 Å². The molecule has 1 aromatic rings. The lowest BCUT2D eigenvalue weighted by Crippen LogP contribution is -2.52. The quantitative estimate of drug-likeness (QED) is 0.765. The van der Waals surface area contributed by atoms with Crippen LogP contribution in [0, 0.1) is 17.0 Å². The topological polar surface area (TPSA) is 12.0 Å². The molecule has 1 aliphatic rings. The van der Waals surface area contributed by atoms with Crippen LogP contribution in [0.15, 0.2) is 18.2 Å². The summed E-state index contributed by atoms with van der Waals surface area (Å²) in [4.78, 5) is 0. The first-order valence-electron chi connectivity index (χ1n) is 4.74. The molecule has 1 aromatic carbocycles. The standard InChI is InChI=1S/C11H13F2N/c1-11(6-14-7-11)5-8-2-3-9(12)4-10(8)13/h2-4,14H,5-7H2,1H3. The van der Waals surface area contributed by atoms with Crippen LogP contribution in [0.5, 0.6) is 0 Å². The maximum Gasteiger partial charge on any atom is 0.129 e. The van der Waals surface area contributed by atoms with Crippen LogP contribution in [0.1, 0.15) is 12.5 Å². The smallest absolute Gasteiger partial charge is 0.129 e. The lowest BCUT2D eigenvalue weighted by molar-refractivity contribution is 0.193. The molecule has 0 radical (unpaired) electrons. The third-order valence-corrected chi connectivity index (χ3v) is 2.74. The third kappa shape index (κ3) is 1.77. The van der Waals surface area contributed by atoms with Gasteiger partial charge in [0.15, 0.2) is 0 Å². The summed E-state index contributed by atoms with van der Waals surface area (Å²) in [6.07, 6.45) is 0.673. The summed E-state index contributed by atoms with van der Waals surface area (Å²) < 4.78 is 25.9. The van der Waals surface area contributed by atoms with Crippen molar-refractivity contribution in [2.75, 3.05) is 13.1 Å². The minimum Gasteiger partial charge on any atom is -0.316 e. The van der Waals surface area contributed by atoms with Crippen LogP contribution < -0.4 is 5.32 Å². The lowest BCUT2D eigenvalue weighted by Gasteiger charge is -2.39. The molecule has 1 nitrogen and oxygen atoms in total. The number of hydrogen-bond donors (Lipinski definition) is 1. The van der Waals surface area contributed by atoms with Crippen molar-refractivity contribution in [3.8, 4) is 0 Å². The van der Waals surface area contributed by atoms with E-state index in [2.05, 4.69) is 12.2 Å². The molecule has 0 saturated carbocycles. The maximum absolute atomic E-state index is 13.3. The van der Waals surface area contributed by atoms with Gasteiger partial charge in [-0.25, -0.2) is 8.78 Å². The van der Waals surface area contributed by atoms with E-state index in [0.717, 1.165) is 19.2 Å². The Bertz CT molecular complexity index is 345. The van der Waals surface area contributed by atoms with Crippen LogP contribution in [-0.2, 0) is 6.42 Å². The van der Waals surface area contributed by atoms with Gasteiger partial charge in [0.25, 0.3) is 0 Å². The first kappa shape index (κ1) is 9.59. The van der Waals surface area contributed by atoms with Gasteiger partial charge in [0, 0.05) is 19.2 Å². The van der Waals surface area contributed by atoms with Gasteiger partial charge >= 0.3 is 0 Å². The summed E-state index contributed by atoms with van der Waals surface area (Å²) >= 11 is 0. The molecule has 0 unspecified atom stereocenters. The molecule has 0 spiro atoms. The molecule has 1 aliphatic heterocycles. The minimum atomic E-state index is -0.511. The van der Waals surface area contributed by atoms with E-state index in [1.54, 1.807) is 0 Å². The predicted octanol–water partition coefficient (Wildman–Crippen LogP) is 2.12. The van der Waals surface area contributed by atoms with E-state index in [0.29, 0.717) is 12.0 Å². The van der Waals surface area contributed by atoms with Crippen LogP contribution in [-0.4, -0.2) is 13.1 Å². The molecule has 1 fully saturated rings. The average molecular weight is 197 g/mol. The number of benzene rings is 1. The Morgan fingerprint density at radius 2 is 2.07 bits per heavy atom. The van der Waals surface area contributed by atoms with Crippen molar-refractivity contribution in [2.45, 2.75) is 13.3 Å². The molecule has 76 valence electrons. The fraction of sp³-hybridized carbons (Fsp3) is 0.455. The largest absolute Gasteiger partial charge is 0.316 e. The Hall–Kier alpha value is -0.960. The van der Waals surface area contributed by atoms with Crippen LogP contribution in [0.3, 0.4) is 0 Å². The van der Waals surface area contributed by atoms with Crippen molar-refractivity contribution in [1.82, 2.24) is 5.32 Å². The Balaban J connectivity index is 2.16. The van der Waals surface area contributed by atoms with E-state index in [4.69, 9.17) is 0 Å². The fourth-order valence-corrected chi connectivity index (χ4v) is 1.80. The van der Waals surface area contributed by atoms with E-state index >= 15 is 0 Å². The highest BCUT2D eigenvalue weighted by Gasteiger charge is 2.32. The second-order valence-electron chi connectivity index (χ2n) is 4.33. The molecule has 0 aromatic heterocycles. The summed E-state index contributed by atoms with van der Waals surface area (Å²) in [6, 6.07) is 3.80. The molecule has 1 N–H and O–H groups in total. The zero-order chi connectivity index (χ0) is 10.2. The lowest BCUT2D eigenvalue weighted by atomic mass is 9.78. The first-order valence-corrected chi connectivity index (χ1v) is 4.74. The highest BCUT2D eigenvalue weighted by Crippen LogP contribution is 2.27. The van der Waals surface area contributed by atoms with E-state index in [1.165, 1.54) is 12.1 Å². The highest BCUT2D eigenvalue weighted by molar-refractivity contribution is 5.21. The Labute approximate surface area is 82.1 Å². The molecular formula is C11H13F2N. The number of rotatable bonds is 2. The van der Waals surface area contributed by atoms with Gasteiger partial charge in [-0.1, -0.05) is 13.0 Å². The second kappa shape index (κ2) is 3.31. The molecule has 1 heterocycles. The van der Waals surface area contributed by atoms with E-state index in [-0.39, 0.29) is 5.41 Å². The monoisotopic (exact) mass is 197 g/mol. The summed E-state index contributed by atoms with van der Waals surface area (Å²) in [5.74, 6) is -0.943. The zero-order valence-electron chi connectivity index (χ0n) is 8.11. The van der Waals surface area contributed by atoms with Crippen molar-refractivity contribution in [1.29, 1.82) is 0 Å².